The molecule has 2 atom stereocenters. The number of carbonyl (C=O) groups excluding carboxylic acids is 1. The Hall–Kier alpha value is -1.92. The minimum Gasteiger partial charge on any atom is -0.439 e. The Bertz CT molecular complexity index is 500. The highest BCUT2D eigenvalue weighted by Crippen LogP contribution is 2.30. The summed E-state index contributed by atoms with van der Waals surface area (Å²) in [4.78, 5) is 11.0. The molecule has 4 nitrogen and oxygen atoms in total. The minimum absolute atomic E-state index is 0.307. The number of benzene rings is 1. The van der Waals surface area contributed by atoms with E-state index in [-0.39, 0.29) is 11.8 Å². The van der Waals surface area contributed by atoms with Gasteiger partial charge in [0.2, 0.25) is 0 Å². The van der Waals surface area contributed by atoms with Crippen LogP contribution in [0.1, 0.15) is 39.4 Å². The Labute approximate surface area is 127 Å². The monoisotopic (exact) mass is 319 g/mol. The molecule has 0 unspecified atom stereocenters. The SMILES string of the molecule is CC(C)C.C[C@@H]1NC(=O)O[C@@H]1c1cccc(OC(F)(F)F)c1. The second kappa shape index (κ2) is 7.38. The van der Waals surface area contributed by atoms with Crippen molar-refractivity contribution >= 4 is 6.09 Å². The van der Waals surface area contributed by atoms with Crippen molar-refractivity contribution in [2.75, 3.05) is 0 Å². The van der Waals surface area contributed by atoms with Gasteiger partial charge in [0.25, 0.3) is 0 Å². The molecule has 22 heavy (non-hydrogen) atoms. The van der Waals surface area contributed by atoms with Gasteiger partial charge in [0.05, 0.1) is 6.04 Å². The van der Waals surface area contributed by atoms with Gasteiger partial charge in [-0.05, 0) is 30.5 Å². The maximum atomic E-state index is 12.1. The molecule has 0 aromatic heterocycles. The molecule has 1 aliphatic rings. The zero-order valence-corrected chi connectivity index (χ0v) is 12.9. The van der Waals surface area contributed by atoms with Gasteiger partial charge in [-0.1, -0.05) is 32.9 Å². The van der Waals surface area contributed by atoms with E-state index in [4.69, 9.17) is 4.74 Å². The molecule has 1 fully saturated rings. The lowest BCUT2D eigenvalue weighted by Crippen LogP contribution is -2.24. The number of ether oxygens (including phenoxy) is 2. The molecule has 0 radical (unpaired) electrons. The zero-order valence-electron chi connectivity index (χ0n) is 12.9. The predicted molar refractivity (Wildman–Crippen MR) is 75.5 cm³/mol. The predicted octanol–water partition coefficient (Wildman–Crippen LogP) is 4.42. The molecular weight excluding hydrogens is 299 g/mol. The van der Waals surface area contributed by atoms with E-state index in [1.807, 2.05) is 0 Å². The van der Waals surface area contributed by atoms with Crippen LogP contribution < -0.4 is 10.1 Å². The molecule has 0 aliphatic carbocycles. The highest BCUT2D eigenvalue weighted by atomic mass is 19.4. The van der Waals surface area contributed by atoms with Crippen LogP contribution in [0.15, 0.2) is 24.3 Å². The van der Waals surface area contributed by atoms with E-state index in [0.29, 0.717) is 5.56 Å². The molecule has 0 saturated carbocycles. The Balaban J connectivity index is 0.000000541. The van der Waals surface area contributed by atoms with E-state index >= 15 is 0 Å². The number of alkyl carbamates (subject to hydrolysis) is 1. The standard InChI is InChI=1S/C11H10F3NO3.C4H10/c1-6-9(17-10(16)15-6)7-3-2-4-8(5-7)18-11(12,13)14;1-4(2)3/h2-6,9H,1H3,(H,15,16);4H,1-3H3/t6-,9-;/m0./s1. The van der Waals surface area contributed by atoms with Crippen molar-refractivity contribution in [3.05, 3.63) is 29.8 Å². The van der Waals surface area contributed by atoms with Crippen LogP contribution in [-0.2, 0) is 4.74 Å². The van der Waals surface area contributed by atoms with Gasteiger partial charge < -0.3 is 14.8 Å². The largest absolute Gasteiger partial charge is 0.573 e. The number of rotatable bonds is 2. The molecule has 2 rings (SSSR count). The van der Waals surface area contributed by atoms with Crippen molar-refractivity contribution in [2.24, 2.45) is 5.92 Å². The number of cyclic esters (lactones) is 1. The van der Waals surface area contributed by atoms with Crippen LogP contribution in [-0.4, -0.2) is 18.5 Å². The van der Waals surface area contributed by atoms with Gasteiger partial charge in [0, 0.05) is 0 Å². The normalized spacial score (nSPS) is 20.8. The first kappa shape index (κ1) is 18.1. The second-order valence-electron chi connectivity index (χ2n) is 5.61. The molecule has 1 aromatic carbocycles. The Morgan fingerprint density at radius 2 is 1.86 bits per heavy atom. The minimum atomic E-state index is -4.74. The summed E-state index contributed by atoms with van der Waals surface area (Å²) in [7, 11) is 0. The zero-order chi connectivity index (χ0) is 16.9. The van der Waals surface area contributed by atoms with Crippen LogP contribution >= 0.6 is 0 Å². The molecule has 1 N–H and O–H groups in total. The topological polar surface area (TPSA) is 47.6 Å². The van der Waals surface area contributed by atoms with Crippen LogP contribution in [0.3, 0.4) is 0 Å². The first-order valence-electron chi connectivity index (χ1n) is 6.91. The number of nitrogens with one attached hydrogen (secondary N) is 1. The van der Waals surface area contributed by atoms with E-state index in [0.717, 1.165) is 5.92 Å². The number of hydrogen-bond donors (Lipinski definition) is 1. The number of hydrogen-bond acceptors (Lipinski definition) is 3. The lowest BCUT2D eigenvalue weighted by atomic mass is 10.0. The van der Waals surface area contributed by atoms with E-state index in [1.165, 1.54) is 18.2 Å². The summed E-state index contributed by atoms with van der Waals surface area (Å²) in [5.74, 6) is 0.496. The Kier molecular flexibility index (Phi) is 6.08. The van der Waals surface area contributed by atoms with Crippen molar-refractivity contribution in [1.82, 2.24) is 5.32 Å². The summed E-state index contributed by atoms with van der Waals surface area (Å²) in [5.41, 5.74) is 0.447. The average Bonchev–Trinajstić information content (AvgIpc) is 2.66. The smallest absolute Gasteiger partial charge is 0.439 e. The number of alkyl halides is 3. The van der Waals surface area contributed by atoms with E-state index in [9.17, 15) is 18.0 Å². The molecule has 7 heteroatoms. The number of amides is 1. The third-order valence-corrected chi connectivity index (χ3v) is 2.45. The first-order chi connectivity index (χ1) is 10.1. The van der Waals surface area contributed by atoms with Gasteiger partial charge in [0.1, 0.15) is 11.9 Å². The van der Waals surface area contributed by atoms with Gasteiger partial charge in [0.15, 0.2) is 0 Å². The third kappa shape index (κ3) is 6.24. The number of halogens is 3. The quantitative estimate of drug-likeness (QED) is 0.878. The van der Waals surface area contributed by atoms with Gasteiger partial charge in [-0.3, -0.25) is 0 Å². The molecule has 124 valence electrons. The molecule has 1 amide bonds. The van der Waals surface area contributed by atoms with E-state index in [2.05, 4.69) is 30.8 Å². The van der Waals surface area contributed by atoms with E-state index in [1.54, 1.807) is 13.0 Å². The first-order valence-corrected chi connectivity index (χ1v) is 6.91. The summed E-state index contributed by atoms with van der Waals surface area (Å²) in [5, 5.41) is 2.51. The highest BCUT2D eigenvalue weighted by Gasteiger charge is 2.34. The third-order valence-electron chi connectivity index (χ3n) is 2.45. The average molecular weight is 319 g/mol. The summed E-state index contributed by atoms with van der Waals surface area (Å²) in [6, 6.07) is 5.07. The molecule has 1 saturated heterocycles. The highest BCUT2D eigenvalue weighted by molar-refractivity contribution is 5.70. The molecule has 0 bridgehead atoms. The van der Waals surface area contributed by atoms with Gasteiger partial charge in [-0.15, -0.1) is 13.2 Å². The lowest BCUT2D eigenvalue weighted by Gasteiger charge is -2.15. The van der Waals surface area contributed by atoms with Crippen LogP contribution in [0.2, 0.25) is 0 Å². The van der Waals surface area contributed by atoms with Crippen molar-refractivity contribution < 1.29 is 27.4 Å². The fourth-order valence-corrected chi connectivity index (χ4v) is 1.76. The molecule has 0 spiro atoms. The van der Waals surface area contributed by atoms with Crippen LogP contribution in [0.4, 0.5) is 18.0 Å². The summed E-state index contributed by atoms with van der Waals surface area (Å²) >= 11 is 0. The van der Waals surface area contributed by atoms with Gasteiger partial charge in [-0.2, -0.15) is 0 Å². The Morgan fingerprint density at radius 1 is 1.27 bits per heavy atom. The van der Waals surface area contributed by atoms with Crippen molar-refractivity contribution in [1.29, 1.82) is 0 Å². The van der Waals surface area contributed by atoms with Crippen molar-refractivity contribution in [2.45, 2.75) is 46.2 Å². The molecule has 1 aliphatic heterocycles. The lowest BCUT2D eigenvalue weighted by molar-refractivity contribution is -0.274. The van der Waals surface area contributed by atoms with Crippen LogP contribution in [0.25, 0.3) is 0 Å². The summed E-state index contributed by atoms with van der Waals surface area (Å²) in [6.07, 6.45) is -5.95. The molecule has 1 heterocycles. The summed E-state index contributed by atoms with van der Waals surface area (Å²) < 4.78 is 45.0. The number of carbonyl (C=O) groups is 1. The second-order valence-corrected chi connectivity index (χ2v) is 5.61. The van der Waals surface area contributed by atoms with Gasteiger partial charge >= 0.3 is 12.5 Å². The molecule has 1 aromatic rings. The van der Waals surface area contributed by atoms with Crippen LogP contribution in [0.5, 0.6) is 5.75 Å². The fraction of sp³-hybridized carbons (Fsp3) is 0.533. The maximum Gasteiger partial charge on any atom is 0.573 e. The summed E-state index contributed by atoms with van der Waals surface area (Å²) in [6.45, 7) is 8.20. The Morgan fingerprint density at radius 3 is 2.32 bits per heavy atom. The van der Waals surface area contributed by atoms with Crippen molar-refractivity contribution in [3.63, 3.8) is 0 Å². The van der Waals surface area contributed by atoms with Crippen LogP contribution in [0, 0.1) is 5.92 Å². The van der Waals surface area contributed by atoms with Gasteiger partial charge in [-0.25, -0.2) is 4.79 Å². The fourth-order valence-electron chi connectivity index (χ4n) is 1.76. The molecular formula is C15H20F3NO3. The van der Waals surface area contributed by atoms with Crippen molar-refractivity contribution in [3.8, 4) is 5.75 Å². The van der Waals surface area contributed by atoms with E-state index < -0.39 is 18.6 Å². The maximum absolute atomic E-state index is 12.1.